The summed E-state index contributed by atoms with van der Waals surface area (Å²) in [6.07, 6.45) is 0.965. The van der Waals surface area contributed by atoms with Gasteiger partial charge in [-0.25, -0.2) is 9.18 Å². The highest BCUT2D eigenvalue weighted by atomic mass is 19.1. The van der Waals surface area contributed by atoms with E-state index in [4.69, 9.17) is 9.84 Å². The highest BCUT2D eigenvalue weighted by Crippen LogP contribution is 2.13. The molecule has 1 aliphatic rings. The summed E-state index contributed by atoms with van der Waals surface area (Å²) in [7, 11) is 0. The van der Waals surface area contributed by atoms with Crippen LogP contribution in [0.2, 0.25) is 0 Å². The highest BCUT2D eigenvalue weighted by Gasteiger charge is 2.13. The highest BCUT2D eigenvalue weighted by molar-refractivity contribution is 5.88. The van der Waals surface area contributed by atoms with Crippen molar-refractivity contribution in [3.8, 4) is 0 Å². The minimum atomic E-state index is -1.23. The summed E-state index contributed by atoms with van der Waals surface area (Å²) < 4.78 is 18.6. The molecule has 0 bridgehead atoms. The Hall–Kier alpha value is -1.46. The van der Waals surface area contributed by atoms with E-state index in [9.17, 15) is 9.18 Å². The van der Waals surface area contributed by atoms with Gasteiger partial charge in [-0.15, -0.1) is 0 Å². The van der Waals surface area contributed by atoms with Gasteiger partial charge >= 0.3 is 5.97 Å². The molecule has 0 atom stereocenters. The lowest BCUT2D eigenvalue weighted by Crippen LogP contribution is -2.26. The first-order chi connectivity index (χ1) is 8.66. The molecule has 2 rings (SSSR count). The Bertz CT molecular complexity index is 428. The van der Waals surface area contributed by atoms with Gasteiger partial charge in [-0.1, -0.05) is 6.07 Å². The molecular weight excluding hydrogens is 237 g/mol. The monoisotopic (exact) mass is 253 g/mol. The molecule has 0 aliphatic carbocycles. The van der Waals surface area contributed by atoms with E-state index in [-0.39, 0.29) is 5.56 Å². The molecule has 5 heteroatoms. The number of carboxylic acid groups (broad SMARTS) is 1. The van der Waals surface area contributed by atoms with Gasteiger partial charge in [-0.3, -0.25) is 4.90 Å². The average molecular weight is 253 g/mol. The van der Waals surface area contributed by atoms with Gasteiger partial charge in [0, 0.05) is 26.2 Å². The Balaban J connectivity index is 2.08. The first-order valence-electron chi connectivity index (χ1n) is 5.98. The van der Waals surface area contributed by atoms with Crippen LogP contribution in [-0.4, -0.2) is 42.3 Å². The van der Waals surface area contributed by atoms with Crippen molar-refractivity contribution < 1.29 is 19.0 Å². The molecule has 1 aromatic carbocycles. The maximum atomic E-state index is 13.2. The van der Waals surface area contributed by atoms with E-state index >= 15 is 0 Å². The van der Waals surface area contributed by atoms with Crippen molar-refractivity contribution in [3.05, 3.63) is 35.1 Å². The zero-order valence-corrected chi connectivity index (χ0v) is 10.1. The molecule has 1 aromatic rings. The van der Waals surface area contributed by atoms with Crippen LogP contribution in [0.1, 0.15) is 22.3 Å². The number of aromatic carboxylic acids is 1. The number of halogens is 1. The number of nitrogens with zero attached hydrogens (tertiary/aromatic N) is 1. The van der Waals surface area contributed by atoms with Crippen molar-refractivity contribution in [1.29, 1.82) is 0 Å². The molecule has 0 radical (unpaired) electrons. The summed E-state index contributed by atoms with van der Waals surface area (Å²) in [6, 6.07) is 4.25. The van der Waals surface area contributed by atoms with Crippen LogP contribution in [0.4, 0.5) is 4.39 Å². The third-order valence-corrected chi connectivity index (χ3v) is 2.98. The maximum Gasteiger partial charge on any atom is 0.338 e. The van der Waals surface area contributed by atoms with Gasteiger partial charge in [0.1, 0.15) is 5.82 Å². The van der Waals surface area contributed by atoms with Crippen LogP contribution in [0.15, 0.2) is 18.2 Å². The van der Waals surface area contributed by atoms with Gasteiger partial charge < -0.3 is 9.84 Å². The van der Waals surface area contributed by atoms with Gasteiger partial charge in [0.15, 0.2) is 0 Å². The fourth-order valence-electron chi connectivity index (χ4n) is 2.05. The molecule has 0 aromatic heterocycles. The molecular formula is C13H16FNO3. The largest absolute Gasteiger partial charge is 0.478 e. The van der Waals surface area contributed by atoms with Crippen LogP contribution in [0, 0.1) is 5.82 Å². The first-order valence-corrected chi connectivity index (χ1v) is 5.98. The molecule has 1 saturated heterocycles. The van der Waals surface area contributed by atoms with Crippen molar-refractivity contribution in [2.45, 2.75) is 13.0 Å². The van der Waals surface area contributed by atoms with E-state index < -0.39 is 11.8 Å². The maximum absolute atomic E-state index is 13.2. The smallest absolute Gasteiger partial charge is 0.338 e. The fourth-order valence-corrected chi connectivity index (χ4v) is 2.05. The molecule has 18 heavy (non-hydrogen) atoms. The molecule has 1 heterocycles. The standard InChI is InChI=1S/C13H16FNO3/c14-12-3-2-10(8-11(12)13(16)17)9-15-4-1-6-18-7-5-15/h2-3,8H,1,4-7,9H2,(H,16,17). The Morgan fingerprint density at radius 1 is 1.39 bits per heavy atom. The van der Waals surface area contributed by atoms with E-state index in [1.54, 1.807) is 6.07 Å². The number of carboxylic acids is 1. The van der Waals surface area contributed by atoms with Gasteiger partial charge in [0.2, 0.25) is 0 Å². The van der Waals surface area contributed by atoms with E-state index in [1.807, 2.05) is 0 Å². The quantitative estimate of drug-likeness (QED) is 0.891. The molecule has 1 aliphatic heterocycles. The van der Waals surface area contributed by atoms with Crippen LogP contribution in [0.5, 0.6) is 0 Å². The summed E-state index contributed by atoms with van der Waals surface area (Å²) in [6.45, 7) is 3.82. The summed E-state index contributed by atoms with van der Waals surface area (Å²) in [4.78, 5) is 13.0. The number of carbonyl (C=O) groups is 1. The molecule has 1 N–H and O–H groups in total. The second-order valence-electron chi connectivity index (χ2n) is 4.36. The van der Waals surface area contributed by atoms with E-state index in [1.165, 1.54) is 12.1 Å². The summed E-state index contributed by atoms with van der Waals surface area (Å²) in [5.74, 6) is -1.92. The van der Waals surface area contributed by atoms with Crippen molar-refractivity contribution in [2.24, 2.45) is 0 Å². The van der Waals surface area contributed by atoms with Gasteiger partial charge in [-0.2, -0.15) is 0 Å². The molecule has 0 unspecified atom stereocenters. The van der Waals surface area contributed by atoms with Crippen LogP contribution in [0.3, 0.4) is 0 Å². The normalized spacial score (nSPS) is 17.4. The Labute approximate surface area is 105 Å². The third kappa shape index (κ3) is 3.27. The number of hydrogen-bond donors (Lipinski definition) is 1. The molecule has 4 nitrogen and oxygen atoms in total. The van der Waals surface area contributed by atoms with E-state index in [0.29, 0.717) is 13.2 Å². The van der Waals surface area contributed by atoms with Gasteiger partial charge in [0.05, 0.1) is 12.2 Å². The Morgan fingerprint density at radius 3 is 3.00 bits per heavy atom. The van der Waals surface area contributed by atoms with E-state index in [0.717, 1.165) is 31.7 Å². The summed E-state index contributed by atoms with van der Waals surface area (Å²) >= 11 is 0. The number of hydrogen-bond acceptors (Lipinski definition) is 3. The molecule has 1 fully saturated rings. The molecule has 98 valence electrons. The van der Waals surface area contributed by atoms with E-state index in [2.05, 4.69) is 4.90 Å². The molecule has 0 saturated carbocycles. The zero-order valence-electron chi connectivity index (χ0n) is 10.1. The number of benzene rings is 1. The van der Waals surface area contributed by atoms with Crippen LogP contribution in [-0.2, 0) is 11.3 Å². The van der Waals surface area contributed by atoms with Gasteiger partial charge in [-0.05, 0) is 24.1 Å². The Kier molecular flexibility index (Phi) is 4.28. The average Bonchev–Trinajstić information content (AvgIpc) is 2.60. The van der Waals surface area contributed by atoms with Crippen LogP contribution < -0.4 is 0 Å². The number of rotatable bonds is 3. The van der Waals surface area contributed by atoms with Crippen molar-refractivity contribution in [2.75, 3.05) is 26.3 Å². The zero-order chi connectivity index (χ0) is 13.0. The second-order valence-corrected chi connectivity index (χ2v) is 4.36. The predicted molar refractivity (Wildman–Crippen MR) is 64.1 cm³/mol. The molecule has 0 amide bonds. The van der Waals surface area contributed by atoms with Crippen LogP contribution in [0.25, 0.3) is 0 Å². The fraction of sp³-hybridized carbons (Fsp3) is 0.462. The summed E-state index contributed by atoms with van der Waals surface area (Å²) in [5.41, 5.74) is 0.550. The predicted octanol–water partition coefficient (Wildman–Crippen LogP) is 1.75. The SMILES string of the molecule is O=C(O)c1cc(CN2CCCOCC2)ccc1F. The Morgan fingerprint density at radius 2 is 2.22 bits per heavy atom. The van der Waals surface area contributed by atoms with Crippen molar-refractivity contribution in [1.82, 2.24) is 4.90 Å². The first kappa shape index (κ1) is 13.0. The minimum Gasteiger partial charge on any atom is -0.478 e. The minimum absolute atomic E-state index is 0.265. The van der Waals surface area contributed by atoms with Crippen LogP contribution >= 0.6 is 0 Å². The third-order valence-electron chi connectivity index (χ3n) is 2.98. The second kappa shape index (κ2) is 5.93. The summed E-state index contributed by atoms with van der Waals surface area (Å²) in [5, 5.41) is 8.87. The molecule has 0 spiro atoms. The number of ether oxygens (including phenoxy) is 1. The van der Waals surface area contributed by atoms with Crippen molar-refractivity contribution >= 4 is 5.97 Å². The lowest BCUT2D eigenvalue weighted by atomic mass is 10.1. The van der Waals surface area contributed by atoms with Gasteiger partial charge in [0.25, 0.3) is 0 Å². The van der Waals surface area contributed by atoms with Crippen molar-refractivity contribution in [3.63, 3.8) is 0 Å². The lowest BCUT2D eigenvalue weighted by molar-refractivity contribution is 0.0691. The lowest BCUT2D eigenvalue weighted by Gasteiger charge is -2.19. The topological polar surface area (TPSA) is 49.8 Å².